The summed E-state index contributed by atoms with van der Waals surface area (Å²) in [5.74, 6) is 0. The SMILES string of the molecule is C=N/N=C(\SC)c1cccc2c1CCC2. The minimum absolute atomic E-state index is 0.976. The third-order valence-electron chi connectivity index (χ3n) is 2.73. The summed E-state index contributed by atoms with van der Waals surface area (Å²) in [5, 5.41) is 8.69. The maximum atomic E-state index is 4.08. The smallest absolute Gasteiger partial charge is 0.126 e. The summed E-state index contributed by atoms with van der Waals surface area (Å²) in [6.07, 6.45) is 5.66. The van der Waals surface area contributed by atoms with E-state index in [1.54, 1.807) is 11.8 Å². The van der Waals surface area contributed by atoms with Crippen LogP contribution >= 0.6 is 11.8 Å². The average molecular weight is 218 g/mol. The fourth-order valence-corrected chi connectivity index (χ4v) is 2.64. The van der Waals surface area contributed by atoms with Crippen molar-refractivity contribution >= 4 is 23.5 Å². The molecular formula is C12H14N2S. The van der Waals surface area contributed by atoms with E-state index in [9.17, 15) is 0 Å². The fraction of sp³-hybridized carbons (Fsp3) is 0.333. The van der Waals surface area contributed by atoms with Gasteiger partial charge in [0.15, 0.2) is 0 Å². The Kier molecular flexibility index (Phi) is 3.21. The quantitative estimate of drug-likeness (QED) is 0.425. The van der Waals surface area contributed by atoms with Crippen molar-refractivity contribution in [1.29, 1.82) is 0 Å². The molecule has 78 valence electrons. The topological polar surface area (TPSA) is 24.7 Å². The van der Waals surface area contributed by atoms with Gasteiger partial charge >= 0.3 is 0 Å². The lowest BCUT2D eigenvalue weighted by Crippen LogP contribution is -2.00. The number of rotatable bonds is 2. The van der Waals surface area contributed by atoms with Gasteiger partial charge in [0.1, 0.15) is 5.04 Å². The van der Waals surface area contributed by atoms with Crippen LogP contribution in [0.3, 0.4) is 0 Å². The zero-order chi connectivity index (χ0) is 10.7. The molecule has 0 amide bonds. The molecule has 0 saturated heterocycles. The molecule has 0 radical (unpaired) electrons. The number of hydrogen-bond acceptors (Lipinski definition) is 3. The molecule has 0 heterocycles. The normalized spacial score (nSPS) is 15.1. The van der Waals surface area contributed by atoms with Crippen molar-refractivity contribution < 1.29 is 0 Å². The maximum absolute atomic E-state index is 4.08. The van der Waals surface area contributed by atoms with Crippen molar-refractivity contribution in [2.75, 3.05) is 6.26 Å². The summed E-state index contributed by atoms with van der Waals surface area (Å²) in [4.78, 5) is 0. The van der Waals surface area contributed by atoms with E-state index in [1.807, 2.05) is 6.26 Å². The van der Waals surface area contributed by atoms with Crippen molar-refractivity contribution in [3.8, 4) is 0 Å². The molecule has 1 aromatic carbocycles. The van der Waals surface area contributed by atoms with Crippen LogP contribution in [0.5, 0.6) is 0 Å². The van der Waals surface area contributed by atoms with E-state index in [0.717, 1.165) is 5.04 Å². The molecule has 0 saturated carbocycles. The Labute approximate surface area is 94.5 Å². The molecule has 15 heavy (non-hydrogen) atoms. The summed E-state index contributed by atoms with van der Waals surface area (Å²) < 4.78 is 0. The second-order valence-corrected chi connectivity index (χ2v) is 4.34. The molecule has 0 aliphatic heterocycles. The van der Waals surface area contributed by atoms with E-state index < -0.39 is 0 Å². The zero-order valence-corrected chi connectivity index (χ0v) is 9.68. The van der Waals surface area contributed by atoms with Gasteiger partial charge in [-0.05, 0) is 36.6 Å². The predicted octanol–water partition coefficient (Wildman–Crippen LogP) is 2.90. The highest BCUT2D eigenvalue weighted by molar-refractivity contribution is 8.13. The molecule has 0 N–H and O–H groups in total. The predicted molar refractivity (Wildman–Crippen MR) is 68.1 cm³/mol. The maximum Gasteiger partial charge on any atom is 0.126 e. The Morgan fingerprint density at radius 3 is 3.00 bits per heavy atom. The number of hydrogen-bond donors (Lipinski definition) is 0. The summed E-state index contributed by atoms with van der Waals surface area (Å²) in [5.41, 5.74) is 4.16. The lowest BCUT2D eigenvalue weighted by molar-refractivity contribution is 0.911. The van der Waals surface area contributed by atoms with Crippen LogP contribution in [0.25, 0.3) is 0 Å². The van der Waals surface area contributed by atoms with E-state index in [1.165, 1.54) is 36.0 Å². The summed E-state index contributed by atoms with van der Waals surface area (Å²) >= 11 is 1.63. The molecule has 0 bridgehead atoms. The number of fused-ring (bicyclic) bond motifs is 1. The molecule has 3 heteroatoms. The molecule has 1 aromatic rings. The first-order valence-electron chi connectivity index (χ1n) is 5.05. The first kappa shape index (κ1) is 10.4. The van der Waals surface area contributed by atoms with Gasteiger partial charge in [-0.25, -0.2) is 0 Å². The minimum Gasteiger partial charge on any atom is -0.166 e. The van der Waals surface area contributed by atoms with Gasteiger partial charge in [0, 0.05) is 12.3 Å². The van der Waals surface area contributed by atoms with Crippen LogP contribution < -0.4 is 0 Å². The highest BCUT2D eigenvalue weighted by Crippen LogP contribution is 2.27. The van der Waals surface area contributed by atoms with E-state index >= 15 is 0 Å². The van der Waals surface area contributed by atoms with E-state index in [4.69, 9.17) is 0 Å². The Morgan fingerprint density at radius 1 is 1.40 bits per heavy atom. The fourth-order valence-electron chi connectivity index (χ4n) is 2.09. The van der Waals surface area contributed by atoms with E-state index in [0.29, 0.717) is 0 Å². The number of benzene rings is 1. The zero-order valence-electron chi connectivity index (χ0n) is 8.86. The van der Waals surface area contributed by atoms with Gasteiger partial charge in [-0.3, -0.25) is 0 Å². The third kappa shape index (κ3) is 1.97. The van der Waals surface area contributed by atoms with Crippen LogP contribution in [0.1, 0.15) is 23.1 Å². The van der Waals surface area contributed by atoms with Crippen molar-refractivity contribution in [3.63, 3.8) is 0 Å². The van der Waals surface area contributed by atoms with Crippen LogP contribution in [0, 0.1) is 0 Å². The van der Waals surface area contributed by atoms with Gasteiger partial charge in [-0.15, -0.1) is 16.9 Å². The van der Waals surface area contributed by atoms with Gasteiger partial charge in [-0.1, -0.05) is 18.2 Å². The molecule has 0 unspecified atom stereocenters. The van der Waals surface area contributed by atoms with Crippen LogP contribution in [0.15, 0.2) is 28.4 Å². The Bertz CT molecular complexity index is 410. The lowest BCUT2D eigenvalue weighted by Gasteiger charge is -2.07. The van der Waals surface area contributed by atoms with E-state index in [2.05, 4.69) is 35.1 Å². The number of thioether (sulfide) groups is 1. The molecule has 0 aromatic heterocycles. The van der Waals surface area contributed by atoms with Gasteiger partial charge < -0.3 is 0 Å². The molecule has 0 atom stereocenters. The number of aryl methyl sites for hydroxylation is 1. The van der Waals surface area contributed by atoms with Crippen molar-refractivity contribution in [2.24, 2.45) is 10.2 Å². The Balaban J connectivity index is 2.48. The second-order valence-electron chi connectivity index (χ2n) is 3.55. The van der Waals surface area contributed by atoms with Crippen LogP contribution in [0.2, 0.25) is 0 Å². The van der Waals surface area contributed by atoms with Gasteiger partial charge in [0.25, 0.3) is 0 Å². The molecule has 1 aliphatic rings. The van der Waals surface area contributed by atoms with Crippen molar-refractivity contribution in [3.05, 3.63) is 34.9 Å². The first-order valence-corrected chi connectivity index (χ1v) is 6.28. The summed E-state index contributed by atoms with van der Waals surface area (Å²) in [6, 6.07) is 6.45. The van der Waals surface area contributed by atoms with Gasteiger partial charge in [0.05, 0.1) is 0 Å². The Morgan fingerprint density at radius 2 is 2.27 bits per heavy atom. The van der Waals surface area contributed by atoms with Crippen LogP contribution in [-0.4, -0.2) is 18.0 Å². The monoisotopic (exact) mass is 218 g/mol. The Hall–Kier alpha value is -1.09. The van der Waals surface area contributed by atoms with Crippen LogP contribution in [0.4, 0.5) is 0 Å². The van der Waals surface area contributed by atoms with E-state index in [-0.39, 0.29) is 0 Å². The largest absolute Gasteiger partial charge is 0.166 e. The van der Waals surface area contributed by atoms with Gasteiger partial charge in [-0.2, -0.15) is 5.10 Å². The molecule has 0 spiro atoms. The molecule has 2 nitrogen and oxygen atoms in total. The second kappa shape index (κ2) is 4.62. The van der Waals surface area contributed by atoms with Gasteiger partial charge in [0.2, 0.25) is 0 Å². The lowest BCUT2D eigenvalue weighted by atomic mass is 10.0. The van der Waals surface area contributed by atoms with Crippen molar-refractivity contribution in [1.82, 2.24) is 0 Å². The standard InChI is InChI=1S/C12H14N2S/c1-13-14-12(15-2)11-8-4-6-9-5-3-7-10(9)11/h4,6,8H,1,3,5,7H2,2H3/b14-12-. The molecular weight excluding hydrogens is 204 g/mol. The molecule has 0 fully saturated rings. The number of nitrogens with zero attached hydrogens (tertiary/aromatic N) is 2. The van der Waals surface area contributed by atoms with Crippen molar-refractivity contribution in [2.45, 2.75) is 19.3 Å². The molecule has 1 aliphatic carbocycles. The third-order valence-corrected chi connectivity index (χ3v) is 3.42. The summed E-state index contributed by atoms with van der Waals surface area (Å²) in [6.45, 7) is 3.42. The molecule has 2 rings (SSSR count). The van der Waals surface area contributed by atoms with Crippen LogP contribution in [-0.2, 0) is 12.8 Å². The first-order chi connectivity index (χ1) is 7.36. The average Bonchev–Trinajstić information content (AvgIpc) is 2.73. The summed E-state index contributed by atoms with van der Waals surface area (Å²) in [7, 11) is 0. The highest BCUT2D eigenvalue weighted by Gasteiger charge is 2.16. The highest BCUT2D eigenvalue weighted by atomic mass is 32.2. The minimum atomic E-state index is 0.976.